The summed E-state index contributed by atoms with van der Waals surface area (Å²) in [4.78, 5) is 30.3. The van der Waals surface area contributed by atoms with E-state index in [0.29, 0.717) is 11.3 Å². The fourth-order valence-electron chi connectivity index (χ4n) is 6.52. The number of fused-ring (bicyclic) bond motifs is 3. The van der Waals surface area contributed by atoms with Crippen LogP contribution in [0.5, 0.6) is 5.75 Å². The summed E-state index contributed by atoms with van der Waals surface area (Å²) in [6.45, 7) is 0. The van der Waals surface area contributed by atoms with Crippen molar-refractivity contribution < 1.29 is 23.8 Å². The largest absolute Gasteiger partial charge is 0.497 e. The Balaban J connectivity index is 1.54. The van der Waals surface area contributed by atoms with Crippen molar-refractivity contribution in [1.29, 1.82) is 5.26 Å². The summed E-state index contributed by atoms with van der Waals surface area (Å²) in [6, 6.07) is 34.2. The molecule has 214 valence electrons. The van der Waals surface area contributed by atoms with Gasteiger partial charge in [0, 0.05) is 12.1 Å². The number of hydrogen-bond acceptors (Lipinski definition) is 7. The summed E-state index contributed by atoms with van der Waals surface area (Å²) in [5.74, 6) is -1.60. The molecule has 0 bridgehead atoms. The maximum Gasteiger partial charge on any atom is 0.330 e. The van der Waals surface area contributed by atoms with Crippen LogP contribution in [0.1, 0.15) is 45.9 Å². The Hall–Kier alpha value is -5.35. The van der Waals surface area contributed by atoms with E-state index in [1.165, 1.54) is 7.11 Å². The van der Waals surface area contributed by atoms with E-state index in [1.54, 1.807) is 42.5 Å². The first-order chi connectivity index (χ1) is 21.0. The third-order valence-corrected chi connectivity index (χ3v) is 8.44. The van der Waals surface area contributed by atoms with Gasteiger partial charge < -0.3 is 19.1 Å². The fourth-order valence-corrected chi connectivity index (χ4v) is 6.52. The molecule has 2 heterocycles. The highest BCUT2D eigenvalue weighted by Crippen LogP contribution is 2.60. The predicted molar refractivity (Wildman–Crippen MR) is 160 cm³/mol. The zero-order valence-electron chi connectivity index (χ0n) is 23.8. The average molecular weight is 571 g/mol. The highest BCUT2D eigenvalue weighted by atomic mass is 16.5. The van der Waals surface area contributed by atoms with Crippen LogP contribution < -0.4 is 4.74 Å². The first-order valence-electron chi connectivity index (χ1n) is 14.0. The number of benzene rings is 4. The maximum atomic E-state index is 14.6. The quantitative estimate of drug-likeness (QED) is 0.244. The third kappa shape index (κ3) is 4.61. The molecule has 4 aromatic rings. The minimum atomic E-state index is -1.77. The molecule has 2 aliphatic rings. The van der Waals surface area contributed by atoms with Crippen molar-refractivity contribution in [3.8, 4) is 11.8 Å². The summed E-state index contributed by atoms with van der Waals surface area (Å²) in [6.07, 6.45) is 2.98. The molecule has 7 nitrogen and oxygen atoms in total. The molecule has 0 amide bonds. The van der Waals surface area contributed by atoms with Gasteiger partial charge in [0.25, 0.3) is 0 Å². The number of hydrogen-bond donors (Lipinski definition) is 0. The van der Waals surface area contributed by atoms with Crippen LogP contribution in [-0.4, -0.2) is 37.1 Å². The van der Waals surface area contributed by atoms with Crippen LogP contribution in [-0.2, 0) is 19.1 Å². The fraction of sp³-hybridized carbons (Fsp3) is 0.194. The summed E-state index contributed by atoms with van der Waals surface area (Å²) in [7, 11) is 2.84. The van der Waals surface area contributed by atoms with Gasteiger partial charge in [0.05, 0.1) is 26.3 Å². The highest BCUT2D eigenvalue weighted by Gasteiger charge is 2.68. The lowest BCUT2D eigenvalue weighted by molar-refractivity contribution is -0.153. The Bertz CT molecular complexity index is 1660. The number of ether oxygens (including phenoxy) is 3. The van der Waals surface area contributed by atoms with Gasteiger partial charge in [0.2, 0.25) is 0 Å². The van der Waals surface area contributed by atoms with Crippen LogP contribution >= 0.6 is 0 Å². The Morgan fingerprint density at radius 1 is 0.837 bits per heavy atom. The van der Waals surface area contributed by atoms with E-state index in [-0.39, 0.29) is 0 Å². The predicted octanol–water partition coefficient (Wildman–Crippen LogP) is 6.20. The van der Waals surface area contributed by atoms with Gasteiger partial charge in [-0.15, -0.1) is 0 Å². The van der Waals surface area contributed by atoms with Gasteiger partial charge in [-0.3, -0.25) is 4.79 Å². The molecule has 43 heavy (non-hydrogen) atoms. The van der Waals surface area contributed by atoms with E-state index in [4.69, 9.17) is 14.2 Å². The van der Waals surface area contributed by atoms with Crippen molar-refractivity contribution in [2.75, 3.05) is 14.2 Å². The molecule has 0 aliphatic carbocycles. The lowest BCUT2D eigenvalue weighted by Gasteiger charge is -2.36. The Kier molecular flexibility index (Phi) is 7.43. The van der Waals surface area contributed by atoms with Crippen molar-refractivity contribution in [3.05, 3.63) is 143 Å². The lowest BCUT2D eigenvalue weighted by atomic mass is 9.67. The summed E-state index contributed by atoms with van der Waals surface area (Å²) in [5.41, 5.74) is 2.07. The van der Waals surface area contributed by atoms with Crippen LogP contribution in [0.2, 0.25) is 0 Å². The third-order valence-electron chi connectivity index (χ3n) is 8.44. The SMILES string of the molecule is COC(=O)[C@]1(C#N)C2c3ccccc3C=CN2[C@@H](C(=O)OC(c2ccccc2)c2ccccc2)[C@@H]1c1ccc(OC)cc1. The van der Waals surface area contributed by atoms with Gasteiger partial charge in [-0.2, -0.15) is 5.26 Å². The molecule has 0 saturated carbocycles. The van der Waals surface area contributed by atoms with Crippen molar-refractivity contribution in [1.82, 2.24) is 4.90 Å². The van der Waals surface area contributed by atoms with Crippen LogP contribution in [0.4, 0.5) is 0 Å². The standard InChI is InChI=1S/C36H30N2O5/c1-41-28-19-17-25(18-20-28)30-31(34(39)43-32(26-12-5-3-6-13-26)27-14-7-4-8-15-27)38-22-21-24-11-9-10-16-29(24)33(38)36(30,23-37)35(40)42-2/h3-22,30-33H,1-2H3/t30-,31+,33?,36-/m0/s1. The molecule has 0 aromatic heterocycles. The normalized spacial score (nSPS) is 21.8. The topological polar surface area (TPSA) is 88.9 Å². The minimum Gasteiger partial charge on any atom is -0.497 e. The number of carbonyl (C=O) groups is 2. The van der Waals surface area contributed by atoms with Crippen molar-refractivity contribution in [2.24, 2.45) is 5.41 Å². The number of methoxy groups -OCH3 is 2. The average Bonchev–Trinajstić information content (AvgIpc) is 3.39. The molecular formula is C36H30N2O5. The second-order valence-electron chi connectivity index (χ2n) is 10.6. The molecule has 2 aliphatic heterocycles. The zero-order valence-corrected chi connectivity index (χ0v) is 23.8. The van der Waals surface area contributed by atoms with Gasteiger partial charge in [-0.1, -0.05) is 97.1 Å². The number of carbonyl (C=O) groups excluding carboxylic acids is 2. The second kappa shape index (κ2) is 11.5. The molecule has 0 radical (unpaired) electrons. The summed E-state index contributed by atoms with van der Waals surface area (Å²) in [5, 5.41) is 11.0. The molecule has 1 saturated heterocycles. The van der Waals surface area contributed by atoms with Crippen molar-refractivity contribution >= 4 is 18.0 Å². The summed E-state index contributed by atoms with van der Waals surface area (Å²) >= 11 is 0. The van der Waals surface area contributed by atoms with Gasteiger partial charge >= 0.3 is 11.9 Å². The molecule has 4 atom stereocenters. The molecule has 7 heteroatoms. The molecule has 4 aromatic carbocycles. The van der Waals surface area contributed by atoms with E-state index < -0.39 is 41.5 Å². The van der Waals surface area contributed by atoms with E-state index >= 15 is 0 Å². The van der Waals surface area contributed by atoms with Gasteiger partial charge in [-0.05, 0) is 46.0 Å². The zero-order chi connectivity index (χ0) is 30.0. The highest BCUT2D eigenvalue weighted by molar-refractivity contribution is 5.89. The molecule has 1 fully saturated rings. The van der Waals surface area contributed by atoms with Gasteiger partial charge in [0.15, 0.2) is 11.5 Å². The van der Waals surface area contributed by atoms with Gasteiger partial charge in [0.1, 0.15) is 11.8 Å². The Morgan fingerprint density at radius 2 is 1.44 bits per heavy atom. The Labute approximate surface area is 250 Å². The number of rotatable bonds is 7. The Morgan fingerprint density at radius 3 is 2.02 bits per heavy atom. The first-order valence-corrected chi connectivity index (χ1v) is 14.0. The second-order valence-corrected chi connectivity index (χ2v) is 10.6. The number of nitrogens with zero attached hydrogens (tertiary/aromatic N) is 2. The molecule has 6 rings (SSSR count). The van der Waals surface area contributed by atoms with Gasteiger partial charge in [-0.25, -0.2) is 4.79 Å². The molecule has 0 spiro atoms. The first kappa shape index (κ1) is 27.8. The van der Waals surface area contributed by atoms with Crippen LogP contribution in [0.25, 0.3) is 6.08 Å². The van der Waals surface area contributed by atoms with E-state index in [9.17, 15) is 14.9 Å². The maximum absolute atomic E-state index is 14.6. The smallest absolute Gasteiger partial charge is 0.330 e. The molecular weight excluding hydrogens is 540 g/mol. The van der Waals surface area contributed by atoms with E-state index in [1.807, 2.05) is 91.0 Å². The van der Waals surface area contributed by atoms with E-state index in [2.05, 4.69) is 6.07 Å². The van der Waals surface area contributed by atoms with E-state index in [0.717, 1.165) is 22.3 Å². The summed E-state index contributed by atoms with van der Waals surface area (Å²) < 4.78 is 17.1. The minimum absolute atomic E-state index is 0.561. The van der Waals surface area contributed by atoms with Crippen molar-refractivity contribution in [2.45, 2.75) is 24.1 Å². The van der Waals surface area contributed by atoms with Crippen LogP contribution in [0, 0.1) is 16.7 Å². The number of esters is 2. The lowest BCUT2D eigenvalue weighted by Crippen LogP contribution is -2.41. The number of nitriles is 1. The van der Waals surface area contributed by atoms with Crippen LogP contribution in [0.3, 0.4) is 0 Å². The van der Waals surface area contributed by atoms with Crippen LogP contribution in [0.15, 0.2) is 115 Å². The van der Waals surface area contributed by atoms with Crippen molar-refractivity contribution in [3.63, 3.8) is 0 Å². The molecule has 0 N–H and O–H groups in total. The monoisotopic (exact) mass is 570 g/mol. The molecule has 1 unspecified atom stereocenters.